The maximum Gasteiger partial charge on any atom is 0.471 e. The number of nitrogens with one attached hydrogen (secondary N) is 1. The molecule has 3 saturated heterocycles. The normalized spacial score (nSPS) is 13.7. The summed E-state index contributed by atoms with van der Waals surface area (Å²) in [6, 6.07) is 22.7. The summed E-state index contributed by atoms with van der Waals surface area (Å²) in [5.41, 5.74) is 6.49. The van der Waals surface area contributed by atoms with Gasteiger partial charge >= 0.3 is 24.1 Å². The van der Waals surface area contributed by atoms with E-state index in [0.29, 0.717) is 50.7 Å². The highest BCUT2D eigenvalue weighted by Crippen LogP contribution is 2.35. The minimum atomic E-state index is -4.69. The molecule has 0 aliphatic carbocycles. The van der Waals surface area contributed by atoms with Crippen LogP contribution in [0.2, 0.25) is 5.02 Å². The number of halogens is 9. The van der Waals surface area contributed by atoms with Crippen LogP contribution >= 0.6 is 74.0 Å². The fourth-order valence-corrected chi connectivity index (χ4v) is 10.8. The van der Waals surface area contributed by atoms with Crippen LogP contribution in [0.5, 0.6) is 0 Å². The van der Waals surface area contributed by atoms with Gasteiger partial charge in [0.2, 0.25) is 11.6 Å². The summed E-state index contributed by atoms with van der Waals surface area (Å²) in [6.45, 7) is 6.82. The predicted octanol–water partition coefficient (Wildman–Crippen LogP) is 13.3. The van der Waals surface area contributed by atoms with Gasteiger partial charge in [0.15, 0.2) is 29.1 Å². The van der Waals surface area contributed by atoms with Crippen molar-refractivity contribution >= 4 is 120 Å². The van der Waals surface area contributed by atoms with Gasteiger partial charge < -0.3 is 39.7 Å². The molecule has 456 valence electrons. The van der Waals surface area contributed by atoms with Crippen LogP contribution in [0.15, 0.2) is 138 Å². The summed E-state index contributed by atoms with van der Waals surface area (Å²) >= 11 is 13.0. The maximum absolute atomic E-state index is 12.8. The third-order valence-corrected chi connectivity index (χ3v) is 15.9. The van der Waals surface area contributed by atoms with Gasteiger partial charge in [0, 0.05) is 102 Å². The lowest BCUT2D eigenvalue weighted by atomic mass is 10.3. The molecule has 0 saturated carbocycles. The molecule has 0 radical (unpaired) electrons. The van der Waals surface area contributed by atoms with Gasteiger partial charge in [-0.25, -0.2) is 15.0 Å². The zero-order chi connectivity index (χ0) is 62.3. The standard InChI is InChI=1S/C20H17F3N8OS.C12H14N6.C10H12ClN.C8H4BrF3N2OS.C4H5N3.HI/c21-20(22,23)19-26-18(29-32-19)14-4-3-13(33-14)12-31(17-11-24-7-8-25-17)16-6-5-15(27-28-16)30-9-1-2-10-30;1-2-8-18(7-1)12-4-3-10(16-17-12)15-11-9-13-5-6-14-11;11-9-3-5-10(6-4-9)12-7-1-2-8-12;9-3-4-1-2-5(16-4)6-13-7(15-14-6)8(10,11)12;5-4-3-6-1-2-7-4;/h3-8,11H,1-2,9-10,12H2;3-6,9H,1-2,7-8H2,(H,14,15,16);3-6H,1-2,7-8H2;1-2H,3H2;1-3H,(H2,5,7);1H/i/hD. The molecule has 10 aromatic rings. The molecule has 33 heteroatoms. The Labute approximate surface area is 532 Å². The number of rotatable bonds is 12. The fraction of sp³-hybridized carbons (Fsp3) is 0.296. The van der Waals surface area contributed by atoms with Gasteiger partial charge in [0.1, 0.15) is 12.2 Å². The Morgan fingerprint density at radius 2 is 1.09 bits per heavy atom. The first kappa shape index (κ1) is 63.7. The van der Waals surface area contributed by atoms with Crippen LogP contribution in [0.25, 0.3) is 21.4 Å². The van der Waals surface area contributed by atoms with Crippen molar-refractivity contribution in [2.45, 2.75) is 62.8 Å². The molecule has 0 amide bonds. The van der Waals surface area contributed by atoms with Crippen molar-refractivity contribution in [1.82, 2.24) is 70.6 Å². The fourth-order valence-electron chi connectivity index (χ4n) is 8.41. The molecule has 12 heterocycles. The lowest BCUT2D eigenvalue weighted by molar-refractivity contribution is -0.160. The number of nitrogens with zero attached hydrogens (tertiary/aromatic N) is 18. The largest absolute Gasteiger partial charge is 0.471 e. The molecule has 9 aromatic heterocycles. The van der Waals surface area contributed by atoms with Crippen molar-refractivity contribution in [2.24, 2.45) is 0 Å². The lowest BCUT2D eigenvalue weighted by Crippen LogP contribution is -2.22. The summed E-state index contributed by atoms with van der Waals surface area (Å²) in [5.74, 6) is 1.87. The summed E-state index contributed by atoms with van der Waals surface area (Å²) in [6.07, 6.45) is 12.4. The minimum Gasteiger partial charge on any atom is -0.382 e. The summed E-state index contributed by atoms with van der Waals surface area (Å²) in [4.78, 5) is 42.2. The van der Waals surface area contributed by atoms with Crippen LogP contribution in [0.1, 0.15) is 60.1 Å². The third-order valence-electron chi connectivity index (χ3n) is 12.5. The lowest BCUT2D eigenvalue weighted by Gasteiger charge is -2.22. The molecule has 0 bridgehead atoms. The van der Waals surface area contributed by atoms with Gasteiger partial charge in [-0.15, -0.1) is 66.8 Å². The maximum atomic E-state index is 12.8. The third kappa shape index (κ3) is 19.3. The summed E-state index contributed by atoms with van der Waals surface area (Å²) in [7, 11) is 0. The second-order valence-electron chi connectivity index (χ2n) is 18.6. The number of benzene rings is 1. The molecule has 0 spiro atoms. The number of hydrogen-bond acceptors (Lipinski definition) is 24. The highest BCUT2D eigenvalue weighted by molar-refractivity contribution is 14.0. The zero-order valence-electron chi connectivity index (χ0n) is 46.7. The van der Waals surface area contributed by atoms with Crippen molar-refractivity contribution in [1.29, 1.82) is 0.594 Å². The Balaban J connectivity index is 0.000000154. The first-order valence-corrected chi connectivity index (χ1v) is 29.6. The quantitative estimate of drug-likeness (QED) is 0.0654. The van der Waals surface area contributed by atoms with E-state index in [4.69, 9.17) is 17.9 Å². The topological polar surface area (TPSA) is 258 Å². The Morgan fingerprint density at radius 3 is 1.53 bits per heavy atom. The number of nitrogen functional groups attached to an aromatic ring is 1. The molecule has 22 nitrogen and oxygen atoms in total. The van der Waals surface area contributed by atoms with Gasteiger partial charge in [-0.2, -0.15) is 36.3 Å². The van der Waals surface area contributed by atoms with Gasteiger partial charge in [-0.1, -0.05) is 37.8 Å². The second-order valence-corrected chi connectivity index (χ2v) is 21.9. The summed E-state index contributed by atoms with van der Waals surface area (Å²) in [5, 5.41) is 28.4. The van der Waals surface area contributed by atoms with E-state index in [1.165, 1.54) is 97.1 Å². The number of aromatic nitrogens is 14. The van der Waals surface area contributed by atoms with Crippen molar-refractivity contribution in [3.63, 3.8) is 0 Å². The molecule has 87 heavy (non-hydrogen) atoms. The van der Waals surface area contributed by atoms with E-state index in [1.807, 2.05) is 41.3 Å². The van der Waals surface area contributed by atoms with Gasteiger partial charge in [-0.3, -0.25) is 15.0 Å². The van der Waals surface area contributed by atoms with Crippen molar-refractivity contribution in [2.75, 3.05) is 69.9 Å². The number of thiophene rings is 2. The number of hydrogen-bond donors (Lipinski definition) is 2. The Bertz CT molecular complexity index is 3610. The molecule has 0 atom stereocenters. The smallest absolute Gasteiger partial charge is 0.382 e. The van der Waals surface area contributed by atoms with Crippen LogP contribution in [-0.4, -0.2) is 110 Å². The first-order chi connectivity index (χ1) is 42.6. The molecule has 3 fully saturated rings. The monoisotopic (exact) mass is 1430 g/mol. The van der Waals surface area contributed by atoms with Crippen molar-refractivity contribution in [3.05, 3.63) is 155 Å². The SMILES string of the molecule is Clc1ccc(N2CCCC2)cc1.FC(F)(F)c1nc(-c2ccc(CBr)s2)no1.FC(F)(F)c1nc(-c2ccc(CN(c3cnccn3)c3ccc(N4CCCC4)nn3)s2)no1.Nc1cnccn1.[2H]I.c1cnc(Nc2ccc(N3CCCC3)nn2)cn1. The van der Waals surface area contributed by atoms with Crippen molar-refractivity contribution < 1.29 is 35.4 Å². The Morgan fingerprint density at radius 1 is 0.575 bits per heavy atom. The number of nitrogens with two attached hydrogens (primary N) is 1. The van der Waals surface area contributed by atoms with E-state index >= 15 is 0 Å². The van der Waals surface area contributed by atoms with Crippen LogP contribution in [0.4, 0.5) is 72.8 Å². The van der Waals surface area contributed by atoms with E-state index < -0.39 is 24.1 Å². The molecule has 3 aliphatic rings. The van der Waals surface area contributed by atoms with Gasteiger partial charge in [0.05, 0.1) is 34.9 Å². The molecular weight excluding hydrogens is 1380 g/mol. The van der Waals surface area contributed by atoms with Crippen LogP contribution in [0.3, 0.4) is 0 Å². The van der Waals surface area contributed by atoms with Crippen LogP contribution in [0, 0.1) is 0 Å². The molecular formula is C54H53BrClF6IN20O2S2. The Hall–Kier alpha value is -7.82. The zero-order valence-corrected chi connectivity index (χ0v) is 51.8. The summed E-state index contributed by atoms with van der Waals surface area (Å²) < 4.78 is 89.1. The van der Waals surface area contributed by atoms with E-state index in [1.54, 1.807) is 73.8 Å². The molecule has 3 N–H and O–H groups in total. The average Bonchev–Trinajstić information content (AvgIpc) is 4.49. The molecule has 1 aromatic carbocycles. The second kappa shape index (κ2) is 31.7. The highest BCUT2D eigenvalue weighted by atomic mass is 127. The van der Waals surface area contributed by atoms with E-state index in [-0.39, 0.29) is 11.6 Å². The van der Waals surface area contributed by atoms with Crippen molar-refractivity contribution in [3.8, 4) is 21.4 Å². The minimum absolute atomic E-state index is 0.0375. The first-order valence-electron chi connectivity index (χ1n) is 26.8. The van der Waals surface area contributed by atoms with Crippen LogP contribution in [-0.2, 0) is 24.2 Å². The predicted molar refractivity (Wildman–Crippen MR) is 333 cm³/mol. The molecule has 3 aliphatic heterocycles. The van der Waals surface area contributed by atoms with E-state index in [0.717, 1.165) is 65.4 Å². The Kier molecular flexibility index (Phi) is 23.2. The van der Waals surface area contributed by atoms with Gasteiger partial charge in [0.25, 0.3) is 0 Å². The molecule has 0 unspecified atom stereocenters. The van der Waals surface area contributed by atoms with E-state index in [2.05, 4.69) is 128 Å². The average molecular weight is 1440 g/mol. The van der Waals surface area contributed by atoms with Crippen LogP contribution < -0.4 is 30.7 Å². The number of anilines is 8. The van der Waals surface area contributed by atoms with Gasteiger partial charge in [-0.05, 0) is 111 Å². The highest BCUT2D eigenvalue weighted by Gasteiger charge is 2.39. The molecule has 13 rings (SSSR count). The van der Waals surface area contributed by atoms with E-state index in [9.17, 15) is 26.3 Å². The number of alkyl halides is 7.